The molecule has 1 rings (SSSR count). The second-order valence-electron chi connectivity index (χ2n) is 2.90. The molecular weight excluding hydrogens is 182 g/mol. The number of urea groups is 1. The van der Waals surface area contributed by atoms with Gasteiger partial charge in [0.2, 0.25) is 0 Å². The molecule has 0 aliphatic heterocycles. The molecule has 0 aliphatic rings. The highest BCUT2D eigenvalue weighted by Gasteiger charge is 2.05. The smallest absolute Gasteiger partial charge is 0.318 e. The van der Waals surface area contributed by atoms with Gasteiger partial charge in [0, 0.05) is 19.3 Å². The number of benzene rings is 1. The highest BCUT2D eigenvalue weighted by Crippen LogP contribution is 2.14. The van der Waals surface area contributed by atoms with Gasteiger partial charge >= 0.3 is 6.03 Å². The van der Waals surface area contributed by atoms with Gasteiger partial charge in [-0.05, 0) is 17.7 Å². The number of carbonyl (C=O) groups is 1. The van der Waals surface area contributed by atoms with Crippen LogP contribution in [0, 0.1) is 0 Å². The highest BCUT2D eigenvalue weighted by atomic mass is 16.5. The highest BCUT2D eigenvalue weighted by molar-refractivity contribution is 5.90. The number of anilines is 1. The van der Waals surface area contributed by atoms with Crippen molar-refractivity contribution in [2.24, 2.45) is 5.73 Å². The fraction of sp³-hybridized carbons (Fsp3) is 0.222. The van der Waals surface area contributed by atoms with Gasteiger partial charge in [-0.2, -0.15) is 0 Å². The van der Waals surface area contributed by atoms with Crippen molar-refractivity contribution in [2.75, 3.05) is 11.9 Å². The van der Waals surface area contributed by atoms with Crippen molar-refractivity contribution in [2.45, 2.75) is 6.54 Å². The number of hydrogen-bond acceptors (Lipinski definition) is 3. The summed E-state index contributed by atoms with van der Waals surface area (Å²) in [4.78, 5) is 12.2. The Labute approximate surface area is 82.1 Å². The number of carbonyl (C=O) groups excluding carboxylic acids is 1. The van der Waals surface area contributed by atoms with Crippen molar-refractivity contribution in [3.63, 3.8) is 0 Å². The number of hydroxylamine groups is 1. The van der Waals surface area contributed by atoms with Gasteiger partial charge in [-0.15, -0.1) is 0 Å². The van der Waals surface area contributed by atoms with E-state index in [2.05, 4.69) is 0 Å². The second kappa shape index (κ2) is 4.59. The van der Waals surface area contributed by atoms with Crippen LogP contribution >= 0.6 is 0 Å². The van der Waals surface area contributed by atoms with E-state index in [1.165, 1.54) is 4.90 Å². The van der Waals surface area contributed by atoms with Crippen LogP contribution in [0.3, 0.4) is 0 Å². The molecule has 0 saturated heterocycles. The minimum absolute atomic E-state index is 0.334. The van der Waals surface area contributed by atoms with Gasteiger partial charge in [-0.3, -0.25) is 4.90 Å². The fourth-order valence-corrected chi connectivity index (χ4v) is 1.09. The molecule has 2 amide bonds. The molecule has 5 heteroatoms. The molecule has 0 radical (unpaired) electrons. The number of hydrogen-bond donors (Lipinski definition) is 3. The van der Waals surface area contributed by atoms with Crippen molar-refractivity contribution < 1.29 is 10.0 Å². The van der Waals surface area contributed by atoms with E-state index >= 15 is 0 Å². The summed E-state index contributed by atoms with van der Waals surface area (Å²) in [5.74, 6) is 0. The largest absolute Gasteiger partial charge is 0.351 e. The zero-order chi connectivity index (χ0) is 10.6. The third-order valence-electron chi connectivity index (χ3n) is 1.91. The number of rotatable bonds is 3. The number of nitrogens with zero attached hydrogens (tertiary/aromatic N) is 1. The predicted octanol–water partition coefficient (Wildman–Crippen LogP) is 0.680. The van der Waals surface area contributed by atoms with Gasteiger partial charge in [0.25, 0.3) is 0 Å². The molecule has 0 heterocycles. The lowest BCUT2D eigenvalue weighted by molar-refractivity contribution is 0.161. The minimum Gasteiger partial charge on any atom is -0.351 e. The topological polar surface area (TPSA) is 78.6 Å². The Morgan fingerprint density at radius 2 is 2.36 bits per heavy atom. The Hall–Kier alpha value is -1.59. The molecule has 76 valence electrons. The van der Waals surface area contributed by atoms with Crippen LogP contribution < -0.4 is 16.1 Å². The van der Waals surface area contributed by atoms with Crippen LogP contribution in [0.2, 0.25) is 0 Å². The van der Waals surface area contributed by atoms with E-state index in [4.69, 9.17) is 10.9 Å². The maximum absolute atomic E-state index is 10.9. The normalized spacial score (nSPS) is 9.86. The van der Waals surface area contributed by atoms with E-state index in [9.17, 15) is 4.79 Å². The third kappa shape index (κ3) is 2.45. The van der Waals surface area contributed by atoms with E-state index in [1.807, 2.05) is 11.5 Å². The number of amides is 2. The van der Waals surface area contributed by atoms with Crippen LogP contribution in [0.25, 0.3) is 0 Å². The monoisotopic (exact) mass is 195 g/mol. The molecule has 1 aromatic carbocycles. The summed E-state index contributed by atoms with van der Waals surface area (Å²) in [7, 11) is 1.59. The van der Waals surface area contributed by atoms with Crippen LogP contribution in [0.4, 0.5) is 10.5 Å². The van der Waals surface area contributed by atoms with Gasteiger partial charge in [0.15, 0.2) is 0 Å². The molecule has 4 N–H and O–H groups in total. The van der Waals surface area contributed by atoms with Gasteiger partial charge < -0.3 is 10.9 Å². The summed E-state index contributed by atoms with van der Waals surface area (Å²) in [6, 6.07) is 6.65. The maximum Gasteiger partial charge on any atom is 0.318 e. The molecule has 0 fully saturated rings. The minimum atomic E-state index is -0.515. The zero-order valence-electron chi connectivity index (χ0n) is 7.90. The zero-order valence-corrected chi connectivity index (χ0v) is 7.90. The summed E-state index contributed by atoms with van der Waals surface area (Å²) in [6.07, 6.45) is 0. The molecule has 0 aliphatic carbocycles. The lowest BCUT2D eigenvalue weighted by Gasteiger charge is -2.14. The molecule has 0 unspecified atom stereocenters. The SMILES string of the molecule is CN(C(N)=O)c1cccc(CNO)c1. The molecular formula is C9H13N3O2. The average molecular weight is 195 g/mol. The van der Waals surface area contributed by atoms with E-state index in [-0.39, 0.29) is 0 Å². The Morgan fingerprint density at radius 1 is 1.64 bits per heavy atom. The summed E-state index contributed by atoms with van der Waals surface area (Å²) in [5, 5.41) is 8.50. The van der Waals surface area contributed by atoms with Crippen LogP contribution in [-0.4, -0.2) is 18.3 Å². The molecule has 1 aromatic rings. The first-order valence-electron chi connectivity index (χ1n) is 4.14. The van der Waals surface area contributed by atoms with Crippen LogP contribution in [0.15, 0.2) is 24.3 Å². The van der Waals surface area contributed by atoms with Crippen molar-refractivity contribution in [3.05, 3.63) is 29.8 Å². The summed E-state index contributed by atoms with van der Waals surface area (Å²) in [6.45, 7) is 0.334. The second-order valence-corrected chi connectivity index (χ2v) is 2.90. The van der Waals surface area contributed by atoms with E-state index in [0.717, 1.165) is 5.56 Å². The van der Waals surface area contributed by atoms with Gasteiger partial charge in [-0.25, -0.2) is 10.3 Å². The molecule has 0 saturated carbocycles. The summed E-state index contributed by atoms with van der Waals surface area (Å²) < 4.78 is 0. The lowest BCUT2D eigenvalue weighted by atomic mass is 10.2. The molecule has 0 aromatic heterocycles. The molecule has 0 atom stereocenters. The Bertz CT molecular complexity index is 328. The van der Waals surface area contributed by atoms with Crippen LogP contribution in [0.1, 0.15) is 5.56 Å². The Morgan fingerprint density at radius 3 is 2.93 bits per heavy atom. The van der Waals surface area contributed by atoms with Gasteiger partial charge in [0.1, 0.15) is 0 Å². The van der Waals surface area contributed by atoms with Crippen LogP contribution in [0.5, 0.6) is 0 Å². The summed E-state index contributed by atoms with van der Waals surface area (Å²) in [5.41, 5.74) is 8.73. The quantitative estimate of drug-likeness (QED) is 0.620. The maximum atomic E-state index is 10.9. The molecule has 0 spiro atoms. The third-order valence-corrected chi connectivity index (χ3v) is 1.91. The van der Waals surface area contributed by atoms with E-state index in [1.54, 1.807) is 25.2 Å². The van der Waals surface area contributed by atoms with Gasteiger partial charge in [0.05, 0.1) is 0 Å². The first kappa shape index (κ1) is 10.5. The molecule has 14 heavy (non-hydrogen) atoms. The van der Waals surface area contributed by atoms with Crippen LogP contribution in [-0.2, 0) is 6.54 Å². The lowest BCUT2D eigenvalue weighted by Crippen LogP contribution is -2.31. The van der Waals surface area contributed by atoms with E-state index < -0.39 is 6.03 Å². The first-order valence-corrected chi connectivity index (χ1v) is 4.14. The Kier molecular flexibility index (Phi) is 3.44. The van der Waals surface area contributed by atoms with Crippen molar-refractivity contribution in [1.82, 2.24) is 5.48 Å². The number of nitrogens with one attached hydrogen (secondary N) is 1. The van der Waals surface area contributed by atoms with Crippen molar-refractivity contribution >= 4 is 11.7 Å². The Balaban J connectivity index is 2.87. The molecule has 0 bridgehead atoms. The van der Waals surface area contributed by atoms with Gasteiger partial charge in [-0.1, -0.05) is 12.1 Å². The fourth-order valence-electron chi connectivity index (χ4n) is 1.09. The number of nitrogens with two attached hydrogens (primary N) is 1. The summed E-state index contributed by atoms with van der Waals surface area (Å²) >= 11 is 0. The first-order chi connectivity index (χ1) is 6.65. The number of primary amides is 1. The predicted molar refractivity (Wildman–Crippen MR) is 53.1 cm³/mol. The molecule has 5 nitrogen and oxygen atoms in total. The standard InChI is InChI=1S/C9H13N3O2/c1-12(9(10)13)8-4-2-3-7(5-8)6-11-14/h2-5,11,14H,6H2,1H3,(H2,10,13). The van der Waals surface area contributed by atoms with E-state index in [0.29, 0.717) is 12.2 Å². The average Bonchev–Trinajstić information content (AvgIpc) is 2.17. The van der Waals surface area contributed by atoms with Crippen molar-refractivity contribution in [3.8, 4) is 0 Å². The van der Waals surface area contributed by atoms with Crippen molar-refractivity contribution in [1.29, 1.82) is 0 Å².